The summed E-state index contributed by atoms with van der Waals surface area (Å²) in [6.45, 7) is 5.67. The maximum atomic E-state index is 12.6. The lowest BCUT2D eigenvalue weighted by Gasteiger charge is -2.13. The molecule has 0 unspecified atom stereocenters. The Labute approximate surface area is 168 Å². The minimum absolute atomic E-state index is 0.0729. The molecular formula is C22H23N3O2S. The van der Waals surface area contributed by atoms with Crippen LogP contribution in [0.25, 0.3) is 0 Å². The maximum absolute atomic E-state index is 12.6. The van der Waals surface area contributed by atoms with Gasteiger partial charge in [0.1, 0.15) is 6.54 Å². The van der Waals surface area contributed by atoms with Crippen molar-refractivity contribution in [1.82, 2.24) is 9.55 Å². The Bertz CT molecular complexity index is 1050. The normalized spacial score (nSPS) is 10.7. The smallest absolute Gasteiger partial charge is 0.254 e. The lowest BCUT2D eigenvalue weighted by atomic mass is 10.1. The Kier molecular flexibility index (Phi) is 6.31. The van der Waals surface area contributed by atoms with Gasteiger partial charge in [-0.15, -0.1) is 0 Å². The second-order valence-corrected chi connectivity index (χ2v) is 7.69. The summed E-state index contributed by atoms with van der Waals surface area (Å²) in [7, 11) is 0. The van der Waals surface area contributed by atoms with Crippen molar-refractivity contribution in [2.75, 3.05) is 5.32 Å². The molecule has 0 spiro atoms. The number of aryl methyl sites for hydroxylation is 3. The van der Waals surface area contributed by atoms with Crippen LogP contribution < -0.4 is 10.9 Å². The fourth-order valence-corrected chi connectivity index (χ4v) is 3.87. The number of benzene rings is 2. The largest absolute Gasteiger partial charge is 0.324 e. The van der Waals surface area contributed by atoms with E-state index in [4.69, 9.17) is 0 Å². The molecule has 3 rings (SSSR count). The quantitative estimate of drug-likeness (QED) is 0.506. The van der Waals surface area contributed by atoms with Crippen LogP contribution in [-0.2, 0) is 17.1 Å². The van der Waals surface area contributed by atoms with Gasteiger partial charge in [-0.3, -0.25) is 14.2 Å². The zero-order chi connectivity index (χ0) is 20.1. The van der Waals surface area contributed by atoms with Crippen molar-refractivity contribution >= 4 is 23.4 Å². The number of nitrogens with zero attached hydrogens (tertiary/aromatic N) is 2. The molecule has 0 radical (unpaired) electrons. The van der Waals surface area contributed by atoms with Crippen LogP contribution >= 0.6 is 11.8 Å². The van der Waals surface area contributed by atoms with Gasteiger partial charge in [-0.05, 0) is 38.0 Å². The van der Waals surface area contributed by atoms with Gasteiger partial charge in [-0.25, -0.2) is 4.98 Å². The molecule has 1 amide bonds. The third kappa shape index (κ3) is 5.10. The van der Waals surface area contributed by atoms with Gasteiger partial charge in [0.2, 0.25) is 5.91 Å². The maximum Gasteiger partial charge on any atom is 0.254 e. The minimum Gasteiger partial charge on any atom is -0.324 e. The zero-order valence-corrected chi connectivity index (χ0v) is 17.0. The fraction of sp³-hybridized carbons (Fsp3) is 0.227. The first-order chi connectivity index (χ1) is 13.4. The molecule has 0 atom stereocenters. The van der Waals surface area contributed by atoms with E-state index in [9.17, 15) is 9.59 Å². The summed E-state index contributed by atoms with van der Waals surface area (Å²) in [5.41, 5.74) is 4.43. The lowest BCUT2D eigenvalue weighted by Crippen LogP contribution is -2.29. The number of carbonyl (C=O) groups is 1. The Morgan fingerprint density at radius 2 is 1.82 bits per heavy atom. The van der Waals surface area contributed by atoms with Crippen molar-refractivity contribution in [1.29, 1.82) is 0 Å². The van der Waals surface area contributed by atoms with Crippen LogP contribution in [0, 0.1) is 20.8 Å². The van der Waals surface area contributed by atoms with Crippen molar-refractivity contribution in [3.8, 4) is 0 Å². The molecule has 1 heterocycles. The SMILES string of the molecule is Cc1ccc(NC(=O)Cn2c(SCc3ccccc3)nc(C)cc2=O)c(C)c1. The molecule has 0 fully saturated rings. The van der Waals surface area contributed by atoms with Crippen LogP contribution in [0.15, 0.2) is 64.5 Å². The number of amides is 1. The summed E-state index contributed by atoms with van der Waals surface area (Å²) in [5.74, 6) is 0.427. The van der Waals surface area contributed by atoms with E-state index >= 15 is 0 Å². The standard InChI is InChI=1S/C22H23N3O2S/c1-15-9-10-19(16(2)11-15)24-20(26)13-25-21(27)12-17(3)23-22(25)28-14-18-7-5-4-6-8-18/h4-12H,13-14H2,1-3H3,(H,24,26). The predicted molar refractivity (Wildman–Crippen MR) is 114 cm³/mol. The van der Waals surface area contributed by atoms with Crippen molar-refractivity contribution in [2.24, 2.45) is 0 Å². The van der Waals surface area contributed by atoms with Crippen LogP contribution in [0.5, 0.6) is 0 Å². The van der Waals surface area contributed by atoms with Crippen LogP contribution in [0.4, 0.5) is 5.69 Å². The molecule has 1 aromatic heterocycles. The molecule has 6 heteroatoms. The minimum atomic E-state index is -0.249. The number of anilines is 1. The second kappa shape index (κ2) is 8.89. The van der Waals surface area contributed by atoms with E-state index in [1.807, 2.05) is 62.4 Å². The monoisotopic (exact) mass is 393 g/mol. The molecule has 0 saturated carbocycles. The highest BCUT2D eigenvalue weighted by atomic mass is 32.2. The Morgan fingerprint density at radius 1 is 1.07 bits per heavy atom. The molecule has 144 valence electrons. The van der Waals surface area contributed by atoms with E-state index in [1.165, 1.54) is 22.4 Å². The van der Waals surface area contributed by atoms with E-state index in [1.54, 1.807) is 6.92 Å². The summed E-state index contributed by atoms with van der Waals surface area (Å²) in [6.07, 6.45) is 0. The van der Waals surface area contributed by atoms with Gasteiger partial charge < -0.3 is 5.32 Å². The highest BCUT2D eigenvalue weighted by molar-refractivity contribution is 7.98. The first kappa shape index (κ1) is 19.9. The van der Waals surface area contributed by atoms with Crippen molar-refractivity contribution < 1.29 is 4.79 Å². The second-order valence-electron chi connectivity index (χ2n) is 6.75. The highest BCUT2D eigenvalue weighted by Gasteiger charge is 2.13. The van der Waals surface area contributed by atoms with Crippen molar-refractivity contribution in [3.05, 3.63) is 87.3 Å². The number of nitrogens with one attached hydrogen (secondary N) is 1. The first-order valence-electron chi connectivity index (χ1n) is 9.04. The van der Waals surface area contributed by atoms with Crippen LogP contribution in [0.3, 0.4) is 0 Å². The summed E-state index contributed by atoms with van der Waals surface area (Å²) in [4.78, 5) is 29.6. The van der Waals surface area contributed by atoms with Gasteiger partial charge >= 0.3 is 0 Å². The van der Waals surface area contributed by atoms with Gasteiger partial charge in [-0.1, -0.05) is 59.8 Å². The fourth-order valence-electron chi connectivity index (χ4n) is 2.86. The molecule has 5 nitrogen and oxygen atoms in total. The lowest BCUT2D eigenvalue weighted by molar-refractivity contribution is -0.116. The molecule has 0 bridgehead atoms. The molecule has 28 heavy (non-hydrogen) atoms. The molecule has 0 aliphatic heterocycles. The average Bonchev–Trinajstić information content (AvgIpc) is 2.65. The number of rotatable bonds is 6. The third-order valence-corrected chi connectivity index (χ3v) is 5.32. The number of thioether (sulfide) groups is 1. The zero-order valence-electron chi connectivity index (χ0n) is 16.2. The van der Waals surface area contributed by atoms with Crippen LogP contribution in [0.2, 0.25) is 0 Å². The van der Waals surface area contributed by atoms with E-state index < -0.39 is 0 Å². The predicted octanol–water partition coefficient (Wildman–Crippen LogP) is 4.10. The summed E-state index contributed by atoms with van der Waals surface area (Å²) >= 11 is 1.45. The van der Waals surface area contributed by atoms with Crippen molar-refractivity contribution in [3.63, 3.8) is 0 Å². The molecular weight excluding hydrogens is 370 g/mol. The van der Waals surface area contributed by atoms with E-state index in [0.717, 1.165) is 22.4 Å². The molecule has 0 aliphatic rings. The Morgan fingerprint density at radius 3 is 2.54 bits per heavy atom. The number of hydrogen-bond acceptors (Lipinski definition) is 4. The van der Waals surface area contributed by atoms with Gasteiger partial charge in [-0.2, -0.15) is 0 Å². The Balaban J connectivity index is 1.78. The van der Waals surface area contributed by atoms with Crippen LogP contribution in [0.1, 0.15) is 22.4 Å². The number of carbonyl (C=O) groups excluding carboxylic acids is 1. The summed E-state index contributed by atoms with van der Waals surface area (Å²) in [5, 5.41) is 3.44. The van der Waals surface area contributed by atoms with Gasteiger partial charge in [0, 0.05) is 23.2 Å². The van der Waals surface area contributed by atoms with Gasteiger partial charge in [0.15, 0.2) is 5.16 Å². The van der Waals surface area contributed by atoms with E-state index in [-0.39, 0.29) is 18.0 Å². The summed E-state index contributed by atoms with van der Waals surface area (Å²) in [6, 6.07) is 17.3. The topological polar surface area (TPSA) is 64.0 Å². The molecule has 2 aromatic carbocycles. The highest BCUT2D eigenvalue weighted by Crippen LogP contribution is 2.21. The number of aromatic nitrogens is 2. The summed E-state index contributed by atoms with van der Waals surface area (Å²) < 4.78 is 1.43. The van der Waals surface area contributed by atoms with Gasteiger partial charge in [0.25, 0.3) is 5.56 Å². The number of hydrogen-bond donors (Lipinski definition) is 1. The molecule has 0 saturated heterocycles. The third-order valence-electron chi connectivity index (χ3n) is 4.27. The Hall–Kier alpha value is -2.86. The van der Waals surface area contributed by atoms with Crippen molar-refractivity contribution in [2.45, 2.75) is 38.2 Å². The van der Waals surface area contributed by atoms with E-state index in [0.29, 0.717) is 16.6 Å². The van der Waals surface area contributed by atoms with Gasteiger partial charge in [0.05, 0.1) is 0 Å². The molecule has 0 aliphatic carbocycles. The molecule has 1 N–H and O–H groups in total. The average molecular weight is 394 g/mol. The van der Waals surface area contributed by atoms with Crippen LogP contribution in [-0.4, -0.2) is 15.5 Å². The molecule has 3 aromatic rings. The van der Waals surface area contributed by atoms with E-state index in [2.05, 4.69) is 10.3 Å². The first-order valence-corrected chi connectivity index (χ1v) is 10.0.